The molecule has 0 heterocycles. The first-order valence-electron chi connectivity index (χ1n) is 6.57. The van der Waals surface area contributed by atoms with E-state index in [0.717, 1.165) is 25.7 Å². The Labute approximate surface area is 105 Å². The zero-order valence-electron chi connectivity index (χ0n) is 11.7. The highest BCUT2D eigenvalue weighted by atomic mass is 16.3. The van der Waals surface area contributed by atoms with Crippen LogP contribution in [0.2, 0.25) is 0 Å². The summed E-state index contributed by atoms with van der Waals surface area (Å²) in [6, 6.07) is 0. The van der Waals surface area contributed by atoms with E-state index in [1.165, 1.54) is 0 Å². The van der Waals surface area contributed by atoms with E-state index in [4.69, 9.17) is 5.73 Å². The van der Waals surface area contributed by atoms with Gasteiger partial charge in [-0.3, -0.25) is 4.79 Å². The van der Waals surface area contributed by atoms with Gasteiger partial charge in [-0.25, -0.2) is 0 Å². The Hall–Kier alpha value is -0.610. The largest absolute Gasteiger partial charge is 0.392 e. The Morgan fingerprint density at radius 2 is 1.82 bits per heavy atom. The second-order valence-corrected chi connectivity index (χ2v) is 5.02. The van der Waals surface area contributed by atoms with Gasteiger partial charge in [0.15, 0.2) is 0 Å². The summed E-state index contributed by atoms with van der Waals surface area (Å²) >= 11 is 0. The third kappa shape index (κ3) is 4.64. The van der Waals surface area contributed by atoms with Crippen LogP contribution in [-0.2, 0) is 4.79 Å². The molecule has 17 heavy (non-hydrogen) atoms. The molecule has 0 aliphatic carbocycles. The van der Waals surface area contributed by atoms with E-state index < -0.39 is 11.5 Å². The molecule has 0 rings (SSSR count). The molecular weight excluding hydrogens is 216 g/mol. The van der Waals surface area contributed by atoms with Crippen LogP contribution in [0.1, 0.15) is 46.5 Å². The van der Waals surface area contributed by atoms with Gasteiger partial charge in [-0.05, 0) is 19.8 Å². The predicted octanol–water partition coefficient (Wildman–Crippen LogP) is 1.37. The molecule has 1 amide bonds. The van der Waals surface area contributed by atoms with Gasteiger partial charge in [-0.2, -0.15) is 0 Å². The van der Waals surface area contributed by atoms with Gasteiger partial charge in [0.2, 0.25) is 5.91 Å². The van der Waals surface area contributed by atoms with Crippen molar-refractivity contribution in [1.82, 2.24) is 4.90 Å². The standard InChI is InChI=1S/C13H28N2O2/c1-5-7-13(10-14,8-6-2)12(17)15(4)9-11(3)16/h11,16H,5-10,14H2,1-4H3. The molecule has 0 bridgehead atoms. The van der Waals surface area contributed by atoms with Crippen molar-refractivity contribution in [3.05, 3.63) is 0 Å². The van der Waals surface area contributed by atoms with E-state index >= 15 is 0 Å². The van der Waals surface area contributed by atoms with E-state index in [1.807, 2.05) is 0 Å². The van der Waals surface area contributed by atoms with Gasteiger partial charge >= 0.3 is 0 Å². The third-order valence-corrected chi connectivity index (χ3v) is 3.19. The van der Waals surface area contributed by atoms with Crippen molar-refractivity contribution < 1.29 is 9.90 Å². The minimum Gasteiger partial charge on any atom is -0.392 e. The summed E-state index contributed by atoms with van der Waals surface area (Å²) in [5.74, 6) is 0.0737. The number of hydrogen-bond acceptors (Lipinski definition) is 3. The topological polar surface area (TPSA) is 66.6 Å². The van der Waals surface area contributed by atoms with Crippen molar-refractivity contribution in [2.24, 2.45) is 11.1 Å². The zero-order valence-corrected chi connectivity index (χ0v) is 11.7. The summed E-state index contributed by atoms with van der Waals surface area (Å²) in [5.41, 5.74) is 5.40. The fraction of sp³-hybridized carbons (Fsp3) is 0.923. The van der Waals surface area contributed by atoms with Gasteiger partial charge in [0.05, 0.1) is 11.5 Å². The maximum Gasteiger partial charge on any atom is 0.229 e. The maximum atomic E-state index is 12.4. The van der Waals surface area contributed by atoms with E-state index in [9.17, 15) is 9.90 Å². The van der Waals surface area contributed by atoms with E-state index in [0.29, 0.717) is 13.1 Å². The van der Waals surface area contributed by atoms with Gasteiger partial charge in [0.1, 0.15) is 0 Å². The molecule has 102 valence electrons. The smallest absolute Gasteiger partial charge is 0.229 e. The molecule has 0 fully saturated rings. The van der Waals surface area contributed by atoms with Crippen molar-refractivity contribution in [1.29, 1.82) is 0 Å². The predicted molar refractivity (Wildman–Crippen MR) is 70.6 cm³/mol. The number of hydrogen-bond donors (Lipinski definition) is 2. The quantitative estimate of drug-likeness (QED) is 0.677. The van der Waals surface area contributed by atoms with Gasteiger partial charge in [-0.15, -0.1) is 0 Å². The van der Waals surface area contributed by atoms with Crippen LogP contribution in [0.25, 0.3) is 0 Å². The first-order valence-corrected chi connectivity index (χ1v) is 6.57. The summed E-state index contributed by atoms with van der Waals surface area (Å²) < 4.78 is 0. The van der Waals surface area contributed by atoms with Crippen LogP contribution in [0.5, 0.6) is 0 Å². The van der Waals surface area contributed by atoms with Gasteiger partial charge < -0.3 is 15.7 Å². The van der Waals surface area contributed by atoms with Crippen LogP contribution < -0.4 is 5.73 Å². The number of nitrogens with zero attached hydrogens (tertiary/aromatic N) is 1. The van der Waals surface area contributed by atoms with Gasteiger partial charge in [0, 0.05) is 20.1 Å². The van der Waals surface area contributed by atoms with Crippen molar-refractivity contribution in [2.45, 2.75) is 52.6 Å². The average molecular weight is 244 g/mol. The number of aliphatic hydroxyl groups is 1. The van der Waals surface area contributed by atoms with Crippen molar-refractivity contribution >= 4 is 5.91 Å². The van der Waals surface area contributed by atoms with Crippen molar-refractivity contribution in [2.75, 3.05) is 20.1 Å². The Morgan fingerprint density at radius 3 is 2.12 bits per heavy atom. The minimum absolute atomic E-state index is 0.0737. The molecule has 0 aromatic heterocycles. The van der Waals surface area contributed by atoms with Crippen LogP contribution in [-0.4, -0.2) is 42.2 Å². The van der Waals surface area contributed by atoms with Crippen LogP contribution in [0.3, 0.4) is 0 Å². The number of aliphatic hydroxyl groups excluding tert-OH is 1. The number of amides is 1. The number of carbonyl (C=O) groups excluding carboxylic acids is 1. The Morgan fingerprint density at radius 1 is 1.35 bits per heavy atom. The summed E-state index contributed by atoms with van der Waals surface area (Å²) in [6.45, 7) is 6.59. The Kier molecular flexibility index (Phi) is 7.39. The first-order chi connectivity index (χ1) is 7.93. The molecule has 0 saturated heterocycles. The molecule has 0 saturated carbocycles. The molecule has 0 aromatic carbocycles. The summed E-state index contributed by atoms with van der Waals surface area (Å²) in [4.78, 5) is 14.1. The Balaban J connectivity index is 4.83. The van der Waals surface area contributed by atoms with E-state index in [1.54, 1.807) is 18.9 Å². The van der Waals surface area contributed by atoms with Gasteiger partial charge in [0.25, 0.3) is 0 Å². The molecule has 4 nitrogen and oxygen atoms in total. The molecule has 0 aliphatic rings. The second-order valence-electron chi connectivity index (χ2n) is 5.02. The fourth-order valence-corrected chi connectivity index (χ4v) is 2.47. The van der Waals surface area contributed by atoms with Crippen LogP contribution in [0.15, 0.2) is 0 Å². The number of carbonyl (C=O) groups is 1. The third-order valence-electron chi connectivity index (χ3n) is 3.19. The lowest BCUT2D eigenvalue weighted by Gasteiger charge is -2.35. The SMILES string of the molecule is CCCC(CN)(CCC)C(=O)N(C)CC(C)O. The summed E-state index contributed by atoms with van der Waals surface area (Å²) in [6.07, 6.45) is 3.04. The average Bonchev–Trinajstić information content (AvgIpc) is 2.26. The van der Waals surface area contributed by atoms with Crippen molar-refractivity contribution in [3.63, 3.8) is 0 Å². The van der Waals surface area contributed by atoms with Crippen LogP contribution >= 0.6 is 0 Å². The normalized spacial score (nSPS) is 13.5. The number of rotatable bonds is 8. The van der Waals surface area contributed by atoms with Gasteiger partial charge in [-0.1, -0.05) is 26.7 Å². The molecular formula is C13H28N2O2. The van der Waals surface area contributed by atoms with Crippen LogP contribution in [0, 0.1) is 5.41 Å². The molecule has 1 unspecified atom stereocenters. The first kappa shape index (κ1) is 16.4. The highest BCUT2D eigenvalue weighted by molar-refractivity contribution is 5.82. The minimum atomic E-state index is -0.498. The van der Waals surface area contributed by atoms with Crippen molar-refractivity contribution in [3.8, 4) is 0 Å². The molecule has 3 N–H and O–H groups in total. The lowest BCUT2D eigenvalue weighted by Crippen LogP contribution is -2.48. The lowest BCUT2D eigenvalue weighted by atomic mass is 9.78. The molecule has 0 aliphatic heterocycles. The van der Waals surface area contributed by atoms with E-state index in [-0.39, 0.29) is 5.91 Å². The lowest BCUT2D eigenvalue weighted by molar-refractivity contribution is -0.142. The fourth-order valence-electron chi connectivity index (χ4n) is 2.47. The van der Waals surface area contributed by atoms with Crippen LogP contribution in [0.4, 0.5) is 0 Å². The second kappa shape index (κ2) is 7.67. The molecule has 0 aromatic rings. The summed E-state index contributed by atoms with van der Waals surface area (Å²) in [5, 5.41) is 9.34. The molecule has 1 atom stereocenters. The monoisotopic (exact) mass is 244 g/mol. The highest BCUT2D eigenvalue weighted by Gasteiger charge is 2.37. The number of nitrogens with two attached hydrogens (primary N) is 1. The van der Waals surface area contributed by atoms with E-state index in [2.05, 4.69) is 13.8 Å². The number of likely N-dealkylation sites (N-methyl/N-ethyl adjacent to an activating group) is 1. The zero-order chi connectivity index (χ0) is 13.5. The Bertz CT molecular complexity index is 223. The molecule has 4 heteroatoms. The highest BCUT2D eigenvalue weighted by Crippen LogP contribution is 2.30. The maximum absolute atomic E-state index is 12.4. The molecule has 0 spiro atoms. The summed E-state index contributed by atoms with van der Waals surface area (Å²) in [7, 11) is 1.74. The molecule has 0 radical (unpaired) electrons.